The summed E-state index contributed by atoms with van der Waals surface area (Å²) < 4.78 is 0. The molecule has 0 heterocycles. The summed E-state index contributed by atoms with van der Waals surface area (Å²) in [6.45, 7) is 0. The predicted molar refractivity (Wildman–Crippen MR) is 63.7 cm³/mol. The Labute approximate surface area is 89.9 Å². The highest BCUT2D eigenvalue weighted by atomic mass is 14.8. The van der Waals surface area contributed by atoms with E-state index in [2.05, 4.69) is 42.5 Å². The molecule has 2 aromatic carbocycles. The average molecular weight is 197 g/mol. The molecule has 15 heavy (non-hydrogen) atoms. The van der Waals surface area contributed by atoms with E-state index in [0.29, 0.717) is 0 Å². The summed E-state index contributed by atoms with van der Waals surface area (Å²) >= 11 is 0. The molecule has 0 saturated heterocycles. The zero-order valence-corrected chi connectivity index (χ0v) is 8.74. The van der Waals surface area contributed by atoms with Gasteiger partial charge >= 0.3 is 0 Å². The Morgan fingerprint density at radius 1 is 0.933 bits per heavy atom. The highest BCUT2D eigenvalue weighted by molar-refractivity contribution is 5.86. The lowest BCUT2D eigenvalue weighted by Crippen LogP contribution is -2.43. The zero-order valence-electron chi connectivity index (χ0n) is 8.74. The lowest BCUT2D eigenvalue weighted by molar-refractivity contribution is 0.256. The predicted octanol–water partition coefficient (Wildman–Crippen LogP) is 3.18. The second-order valence-electron chi connectivity index (χ2n) is 4.54. The van der Waals surface area contributed by atoms with E-state index in [1.54, 1.807) is 0 Å². The number of hydrogen-bond acceptors (Lipinski definition) is 1. The van der Waals surface area contributed by atoms with Crippen LogP contribution in [0.25, 0.3) is 10.8 Å². The van der Waals surface area contributed by atoms with Crippen molar-refractivity contribution in [3.63, 3.8) is 0 Å². The van der Waals surface area contributed by atoms with Gasteiger partial charge in [0.15, 0.2) is 0 Å². The van der Waals surface area contributed by atoms with E-state index in [4.69, 9.17) is 5.73 Å². The van der Waals surface area contributed by atoms with Gasteiger partial charge in [-0.15, -0.1) is 0 Å². The molecular weight excluding hydrogens is 182 g/mol. The lowest BCUT2D eigenvalue weighted by atomic mass is 9.71. The molecule has 1 aliphatic rings. The van der Waals surface area contributed by atoms with Gasteiger partial charge in [0.05, 0.1) is 0 Å². The first-order valence-electron chi connectivity index (χ1n) is 5.57. The van der Waals surface area contributed by atoms with Crippen LogP contribution >= 0.6 is 0 Å². The molecule has 1 saturated carbocycles. The molecule has 1 fully saturated rings. The Bertz CT molecular complexity index is 492. The van der Waals surface area contributed by atoms with Gasteiger partial charge in [-0.1, -0.05) is 42.5 Å². The van der Waals surface area contributed by atoms with Crippen molar-refractivity contribution >= 4 is 10.8 Å². The molecule has 3 rings (SSSR count). The van der Waals surface area contributed by atoms with Gasteiger partial charge in [0.1, 0.15) is 0 Å². The van der Waals surface area contributed by atoms with Crippen LogP contribution in [0, 0.1) is 0 Å². The number of benzene rings is 2. The summed E-state index contributed by atoms with van der Waals surface area (Å²) in [5.41, 5.74) is 7.66. The third-order valence-corrected chi connectivity index (χ3v) is 3.57. The third-order valence-electron chi connectivity index (χ3n) is 3.57. The molecular formula is C14H15N. The SMILES string of the molecule is NC1(c2cccc3ccccc23)CCC1. The maximum atomic E-state index is 6.39. The van der Waals surface area contributed by atoms with Crippen LogP contribution in [0.4, 0.5) is 0 Å². The standard InChI is InChI=1S/C14H15N/c15-14(9-4-10-14)13-8-3-6-11-5-1-2-7-12(11)13/h1-3,5-8H,4,9-10,15H2. The summed E-state index contributed by atoms with van der Waals surface area (Å²) in [7, 11) is 0. The number of fused-ring (bicyclic) bond motifs is 1. The fourth-order valence-corrected chi connectivity index (χ4v) is 2.49. The molecule has 2 N–H and O–H groups in total. The van der Waals surface area contributed by atoms with Crippen molar-refractivity contribution in [3.8, 4) is 0 Å². The van der Waals surface area contributed by atoms with E-state index in [0.717, 1.165) is 12.8 Å². The van der Waals surface area contributed by atoms with E-state index < -0.39 is 0 Å². The van der Waals surface area contributed by atoms with Gasteiger partial charge in [-0.3, -0.25) is 0 Å². The normalized spacial score (nSPS) is 18.7. The molecule has 0 spiro atoms. The molecule has 1 heteroatoms. The monoisotopic (exact) mass is 197 g/mol. The van der Waals surface area contributed by atoms with Crippen LogP contribution in [-0.4, -0.2) is 0 Å². The molecule has 1 aliphatic carbocycles. The van der Waals surface area contributed by atoms with E-state index >= 15 is 0 Å². The minimum Gasteiger partial charge on any atom is -0.321 e. The Hall–Kier alpha value is -1.34. The third kappa shape index (κ3) is 1.27. The first-order chi connectivity index (χ1) is 7.30. The molecule has 0 atom stereocenters. The van der Waals surface area contributed by atoms with Gasteiger partial charge < -0.3 is 5.73 Å². The van der Waals surface area contributed by atoms with Gasteiger partial charge in [-0.25, -0.2) is 0 Å². The molecule has 0 aliphatic heterocycles. The second kappa shape index (κ2) is 3.07. The minimum atomic E-state index is -0.0547. The van der Waals surface area contributed by atoms with Gasteiger partial charge in [-0.05, 0) is 35.6 Å². The van der Waals surface area contributed by atoms with Crippen LogP contribution in [0.1, 0.15) is 24.8 Å². The first-order valence-corrected chi connectivity index (χ1v) is 5.57. The topological polar surface area (TPSA) is 26.0 Å². The smallest absolute Gasteiger partial charge is 0.0415 e. The summed E-state index contributed by atoms with van der Waals surface area (Å²) in [6.07, 6.45) is 3.52. The molecule has 76 valence electrons. The van der Waals surface area contributed by atoms with Crippen LogP contribution in [0.15, 0.2) is 42.5 Å². The molecule has 0 unspecified atom stereocenters. The van der Waals surface area contributed by atoms with Crippen LogP contribution in [-0.2, 0) is 5.54 Å². The fourth-order valence-electron chi connectivity index (χ4n) is 2.49. The van der Waals surface area contributed by atoms with Crippen LogP contribution in [0.2, 0.25) is 0 Å². The van der Waals surface area contributed by atoms with E-state index in [-0.39, 0.29) is 5.54 Å². The fraction of sp³-hybridized carbons (Fsp3) is 0.286. The van der Waals surface area contributed by atoms with Gasteiger partial charge in [0.2, 0.25) is 0 Å². The largest absolute Gasteiger partial charge is 0.321 e. The number of nitrogens with two attached hydrogens (primary N) is 1. The Morgan fingerprint density at radius 2 is 1.67 bits per heavy atom. The van der Waals surface area contributed by atoms with Crippen LogP contribution in [0.3, 0.4) is 0 Å². The summed E-state index contributed by atoms with van der Waals surface area (Å²) in [5, 5.41) is 2.62. The zero-order chi connectivity index (χ0) is 10.3. The minimum absolute atomic E-state index is 0.0547. The van der Waals surface area contributed by atoms with Crippen molar-refractivity contribution in [2.45, 2.75) is 24.8 Å². The summed E-state index contributed by atoms with van der Waals surface area (Å²) in [6, 6.07) is 15.0. The van der Waals surface area contributed by atoms with E-state index in [1.807, 2.05) is 0 Å². The van der Waals surface area contributed by atoms with Gasteiger partial charge in [-0.2, -0.15) is 0 Å². The highest BCUT2D eigenvalue weighted by Gasteiger charge is 2.35. The van der Waals surface area contributed by atoms with Crippen LogP contribution in [0.5, 0.6) is 0 Å². The van der Waals surface area contributed by atoms with E-state index in [1.165, 1.54) is 22.8 Å². The maximum Gasteiger partial charge on any atom is 0.0415 e. The molecule has 1 nitrogen and oxygen atoms in total. The summed E-state index contributed by atoms with van der Waals surface area (Å²) in [4.78, 5) is 0. The van der Waals surface area contributed by atoms with Gasteiger partial charge in [0.25, 0.3) is 0 Å². The quantitative estimate of drug-likeness (QED) is 0.746. The summed E-state index contributed by atoms with van der Waals surface area (Å²) in [5.74, 6) is 0. The second-order valence-corrected chi connectivity index (χ2v) is 4.54. The van der Waals surface area contributed by atoms with E-state index in [9.17, 15) is 0 Å². The van der Waals surface area contributed by atoms with Crippen LogP contribution < -0.4 is 5.73 Å². The number of rotatable bonds is 1. The Morgan fingerprint density at radius 3 is 2.40 bits per heavy atom. The van der Waals surface area contributed by atoms with Crippen molar-refractivity contribution in [1.29, 1.82) is 0 Å². The van der Waals surface area contributed by atoms with Crippen molar-refractivity contribution < 1.29 is 0 Å². The van der Waals surface area contributed by atoms with Crippen molar-refractivity contribution in [1.82, 2.24) is 0 Å². The average Bonchev–Trinajstić information content (AvgIpc) is 2.25. The maximum absolute atomic E-state index is 6.39. The van der Waals surface area contributed by atoms with Crippen molar-refractivity contribution in [2.24, 2.45) is 5.73 Å². The highest BCUT2D eigenvalue weighted by Crippen LogP contribution is 2.41. The number of hydrogen-bond donors (Lipinski definition) is 1. The Kier molecular flexibility index (Phi) is 1.83. The molecule has 2 aromatic rings. The molecule has 0 bridgehead atoms. The molecule has 0 radical (unpaired) electrons. The molecule has 0 aromatic heterocycles. The van der Waals surface area contributed by atoms with Crippen molar-refractivity contribution in [2.75, 3.05) is 0 Å². The van der Waals surface area contributed by atoms with Crippen molar-refractivity contribution in [3.05, 3.63) is 48.0 Å². The Balaban J connectivity index is 2.26. The molecule has 0 amide bonds. The lowest BCUT2D eigenvalue weighted by Gasteiger charge is -2.39. The first kappa shape index (κ1) is 8.93. The van der Waals surface area contributed by atoms with Gasteiger partial charge in [0, 0.05) is 5.54 Å².